The van der Waals surface area contributed by atoms with Crippen LogP contribution in [0, 0.1) is 6.92 Å². The van der Waals surface area contributed by atoms with Crippen molar-refractivity contribution in [1.29, 1.82) is 0 Å². The molecule has 2 N–H and O–H groups in total. The molecule has 2 heteroatoms. The van der Waals surface area contributed by atoms with E-state index in [0.29, 0.717) is 0 Å². The molecule has 0 atom stereocenters. The second-order valence-corrected chi connectivity index (χ2v) is 5.61. The smallest absolute Gasteiger partial charge is 0.0708 e. The molecule has 0 spiro atoms. The van der Waals surface area contributed by atoms with Crippen LogP contribution in [0.25, 0.3) is 10.9 Å². The van der Waals surface area contributed by atoms with Crippen LogP contribution < -0.4 is 5.73 Å². The van der Waals surface area contributed by atoms with E-state index >= 15 is 0 Å². The van der Waals surface area contributed by atoms with Crippen molar-refractivity contribution < 1.29 is 0 Å². The van der Waals surface area contributed by atoms with Crippen molar-refractivity contribution in [3.05, 3.63) is 41.6 Å². The highest BCUT2D eigenvalue weighted by atomic mass is 14.8. The predicted molar refractivity (Wildman–Crippen MR) is 75.4 cm³/mol. The van der Waals surface area contributed by atoms with Crippen molar-refractivity contribution in [2.24, 2.45) is 5.73 Å². The number of rotatable bonds is 1. The van der Waals surface area contributed by atoms with Gasteiger partial charge in [-0.2, -0.15) is 0 Å². The summed E-state index contributed by atoms with van der Waals surface area (Å²) in [7, 11) is 0. The fourth-order valence-electron chi connectivity index (χ4n) is 2.94. The summed E-state index contributed by atoms with van der Waals surface area (Å²) in [5.41, 5.74) is 9.74. The Morgan fingerprint density at radius 1 is 1.06 bits per heavy atom. The molecular formula is C16H20N2. The van der Waals surface area contributed by atoms with Gasteiger partial charge in [0, 0.05) is 5.39 Å². The minimum atomic E-state index is -0.198. The van der Waals surface area contributed by atoms with Gasteiger partial charge in [0.1, 0.15) is 0 Å². The second kappa shape index (κ2) is 4.36. The Bertz CT molecular complexity index is 568. The van der Waals surface area contributed by atoms with E-state index in [1.54, 1.807) is 0 Å². The number of hydrogen-bond acceptors (Lipinski definition) is 2. The number of hydrogen-bond donors (Lipinski definition) is 1. The van der Waals surface area contributed by atoms with Crippen LogP contribution in [0.2, 0.25) is 0 Å². The highest BCUT2D eigenvalue weighted by molar-refractivity contribution is 5.79. The lowest BCUT2D eigenvalue weighted by atomic mass is 9.80. The Labute approximate surface area is 108 Å². The number of nitrogens with zero attached hydrogens (tertiary/aromatic N) is 1. The van der Waals surface area contributed by atoms with Gasteiger partial charge in [-0.15, -0.1) is 0 Å². The predicted octanol–water partition coefficient (Wildman–Crippen LogP) is 3.66. The van der Waals surface area contributed by atoms with E-state index in [-0.39, 0.29) is 5.54 Å². The van der Waals surface area contributed by atoms with Crippen molar-refractivity contribution in [3.8, 4) is 0 Å². The highest BCUT2D eigenvalue weighted by Gasteiger charge is 2.30. The molecule has 3 rings (SSSR count). The normalized spacial score (nSPS) is 19.0. The number of aryl methyl sites for hydroxylation is 1. The van der Waals surface area contributed by atoms with Crippen molar-refractivity contribution in [3.63, 3.8) is 0 Å². The Morgan fingerprint density at radius 2 is 1.78 bits per heavy atom. The lowest BCUT2D eigenvalue weighted by Crippen LogP contribution is -2.39. The molecule has 2 aromatic rings. The van der Waals surface area contributed by atoms with Crippen molar-refractivity contribution in [2.45, 2.75) is 44.6 Å². The van der Waals surface area contributed by atoms with E-state index in [9.17, 15) is 0 Å². The largest absolute Gasteiger partial charge is 0.320 e. The molecule has 0 radical (unpaired) electrons. The minimum absolute atomic E-state index is 0.198. The first-order chi connectivity index (χ1) is 8.67. The number of pyridine rings is 1. The van der Waals surface area contributed by atoms with Crippen molar-refractivity contribution >= 4 is 10.9 Å². The maximum atomic E-state index is 6.55. The zero-order valence-electron chi connectivity index (χ0n) is 10.9. The zero-order valence-corrected chi connectivity index (χ0v) is 10.9. The third kappa shape index (κ3) is 2.01. The van der Waals surface area contributed by atoms with Crippen molar-refractivity contribution in [1.82, 2.24) is 4.98 Å². The summed E-state index contributed by atoms with van der Waals surface area (Å²) in [6, 6.07) is 10.7. The molecule has 0 aliphatic heterocycles. The van der Waals surface area contributed by atoms with E-state index in [0.717, 1.165) is 24.1 Å². The molecule has 1 aromatic carbocycles. The summed E-state index contributed by atoms with van der Waals surface area (Å²) < 4.78 is 0. The van der Waals surface area contributed by atoms with E-state index in [1.165, 1.54) is 30.2 Å². The topological polar surface area (TPSA) is 38.9 Å². The number of fused-ring (bicyclic) bond motifs is 1. The first kappa shape index (κ1) is 11.7. The van der Waals surface area contributed by atoms with E-state index in [1.807, 2.05) is 0 Å². The van der Waals surface area contributed by atoms with E-state index in [4.69, 9.17) is 10.7 Å². The summed E-state index contributed by atoms with van der Waals surface area (Å²) >= 11 is 0. The second-order valence-electron chi connectivity index (χ2n) is 5.61. The van der Waals surface area contributed by atoms with Crippen molar-refractivity contribution in [2.75, 3.05) is 0 Å². The fraction of sp³-hybridized carbons (Fsp3) is 0.438. The summed E-state index contributed by atoms with van der Waals surface area (Å²) in [5, 5.41) is 1.20. The molecule has 1 fully saturated rings. The van der Waals surface area contributed by atoms with Gasteiger partial charge in [0.25, 0.3) is 0 Å². The first-order valence-corrected chi connectivity index (χ1v) is 6.84. The molecule has 1 aromatic heterocycles. The third-order valence-electron chi connectivity index (χ3n) is 4.10. The van der Waals surface area contributed by atoms with Gasteiger partial charge in [0.05, 0.1) is 16.7 Å². The summed E-state index contributed by atoms with van der Waals surface area (Å²) in [4.78, 5) is 4.81. The molecule has 1 heterocycles. The molecular weight excluding hydrogens is 220 g/mol. The van der Waals surface area contributed by atoms with Crippen LogP contribution in [0.15, 0.2) is 30.3 Å². The maximum absolute atomic E-state index is 6.55. The van der Waals surface area contributed by atoms with Crippen LogP contribution in [0.1, 0.15) is 43.4 Å². The molecule has 18 heavy (non-hydrogen) atoms. The average Bonchev–Trinajstić information content (AvgIpc) is 2.38. The van der Waals surface area contributed by atoms with Crippen LogP contribution in [0.4, 0.5) is 0 Å². The molecule has 1 saturated carbocycles. The quantitative estimate of drug-likeness (QED) is 0.826. The minimum Gasteiger partial charge on any atom is -0.320 e. The lowest BCUT2D eigenvalue weighted by molar-refractivity contribution is 0.296. The third-order valence-corrected chi connectivity index (χ3v) is 4.10. The highest BCUT2D eigenvalue weighted by Crippen LogP contribution is 2.34. The maximum Gasteiger partial charge on any atom is 0.0708 e. The van der Waals surface area contributed by atoms with Crippen LogP contribution in [0.3, 0.4) is 0 Å². The van der Waals surface area contributed by atoms with Crippen LogP contribution >= 0.6 is 0 Å². The van der Waals surface area contributed by atoms with Crippen LogP contribution in [0.5, 0.6) is 0 Å². The monoisotopic (exact) mass is 240 g/mol. The molecule has 1 aliphatic rings. The summed E-state index contributed by atoms with van der Waals surface area (Å²) in [5.74, 6) is 0. The molecule has 1 aliphatic carbocycles. The average molecular weight is 240 g/mol. The first-order valence-electron chi connectivity index (χ1n) is 6.84. The van der Waals surface area contributed by atoms with Gasteiger partial charge in [-0.05, 0) is 37.5 Å². The summed E-state index contributed by atoms with van der Waals surface area (Å²) in [6.45, 7) is 2.10. The molecule has 0 amide bonds. The Balaban J connectivity index is 2.06. The van der Waals surface area contributed by atoms with E-state index in [2.05, 4.69) is 37.3 Å². The van der Waals surface area contributed by atoms with Gasteiger partial charge >= 0.3 is 0 Å². The Hall–Kier alpha value is -1.41. The molecule has 2 nitrogen and oxygen atoms in total. The fourth-order valence-corrected chi connectivity index (χ4v) is 2.94. The van der Waals surface area contributed by atoms with Gasteiger partial charge in [0.15, 0.2) is 0 Å². The van der Waals surface area contributed by atoms with Gasteiger partial charge < -0.3 is 5.73 Å². The molecule has 0 unspecified atom stereocenters. The van der Waals surface area contributed by atoms with Gasteiger partial charge in [-0.25, -0.2) is 0 Å². The SMILES string of the molecule is Cc1ccc2ccc(C3(N)CCCCC3)nc2c1. The van der Waals surface area contributed by atoms with E-state index < -0.39 is 0 Å². The number of nitrogens with two attached hydrogens (primary N) is 1. The zero-order chi connectivity index (χ0) is 12.6. The molecule has 94 valence electrons. The Kier molecular flexibility index (Phi) is 2.83. The van der Waals surface area contributed by atoms with Gasteiger partial charge in [0.2, 0.25) is 0 Å². The molecule has 0 saturated heterocycles. The summed E-state index contributed by atoms with van der Waals surface area (Å²) in [6.07, 6.45) is 5.90. The number of benzene rings is 1. The number of aromatic nitrogens is 1. The lowest BCUT2D eigenvalue weighted by Gasteiger charge is -2.33. The van der Waals surface area contributed by atoms with Gasteiger partial charge in [-0.3, -0.25) is 4.98 Å². The van der Waals surface area contributed by atoms with Crippen LogP contribution in [-0.4, -0.2) is 4.98 Å². The van der Waals surface area contributed by atoms with Gasteiger partial charge in [-0.1, -0.05) is 37.5 Å². The Morgan fingerprint density at radius 3 is 2.56 bits per heavy atom. The molecule has 0 bridgehead atoms. The van der Waals surface area contributed by atoms with Crippen LogP contribution in [-0.2, 0) is 5.54 Å². The standard InChI is InChI=1S/C16H20N2/c1-12-5-6-13-7-8-15(18-14(13)11-12)16(17)9-3-2-4-10-16/h5-8,11H,2-4,9-10,17H2,1H3.